The largest absolute Gasteiger partial charge is 0.467 e. The van der Waals surface area contributed by atoms with Crippen LogP contribution in [0.2, 0.25) is 0 Å². The van der Waals surface area contributed by atoms with E-state index in [2.05, 4.69) is 40.0 Å². The molecule has 0 radical (unpaired) electrons. The molecule has 27 heavy (non-hydrogen) atoms. The maximum absolute atomic E-state index is 5.61. The Morgan fingerprint density at radius 1 is 1.33 bits per heavy atom. The Balaban J connectivity index is 1.35. The van der Waals surface area contributed by atoms with Gasteiger partial charge >= 0.3 is 0 Å². The third-order valence-corrected chi connectivity index (χ3v) is 5.47. The van der Waals surface area contributed by atoms with E-state index in [1.54, 1.807) is 6.26 Å². The molecule has 7 heteroatoms. The fraction of sp³-hybridized carbons (Fsp3) is 0.550. The number of guanidine groups is 1. The van der Waals surface area contributed by atoms with Gasteiger partial charge < -0.3 is 24.7 Å². The van der Waals surface area contributed by atoms with Crippen molar-refractivity contribution < 1.29 is 9.15 Å². The first-order valence-corrected chi connectivity index (χ1v) is 10.7. The molecule has 1 saturated heterocycles. The van der Waals surface area contributed by atoms with Crippen molar-refractivity contribution in [2.75, 3.05) is 37.7 Å². The summed E-state index contributed by atoms with van der Waals surface area (Å²) in [6, 6.07) is 8.61. The summed E-state index contributed by atoms with van der Waals surface area (Å²) < 4.78 is 10.9. The Morgan fingerprint density at radius 3 is 2.93 bits per heavy atom. The summed E-state index contributed by atoms with van der Waals surface area (Å²) in [6.07, 6.45) is 4.83. The SMILES string of the molecule is CCNC(=NCCCOCc1ccco1)NC1CCN(c2cccs2)CC1. The summed E-state index contributed by atoms with van der Waals surface area (Å²) in [6.45, 7) is 7.12. The molecule has 1 aliphatic heterocycles. The Labute approximate surface area is 165 Å². The summed E-state index contributed by atoms with van der Waals surface area (Å²) >= 11 is 1.82. The van der Waals surface area contributed by atoms with E-state index >= 15 is 0 Å². The molecule has 0 bridgehead atoms. The maximum atomic E-state index is 5.61. The zero-order valence-electron chi connectivity index (χ0n) is 16.0. The van der Waals surface area contributed by atoms with Crippen molar-refractivity contribution >= 4 is 22.3 Å². The highest BCUT2D eigenvalue weighted by atomic mass is 32.1. The molecule has 0 unspecified atom stereocenters. The normalized spacial score (nSPS) is 15.9. The molecule has 2 aromatic heterocycles. The molecule has 0 spiro atoms. The highest BCUT2D eigenvalue weighted by Crippen LogP contribution is 2.24. The van der Waals surface area contributed by atoms with Crippen LogP contribution in [0.4, 0.5) is 5.00 Å². The fourth-order valence-corrected chi connectivity index (χ4v) is 3.92. The number of hydrogen-bond acceptors (Lipinski definition) is 5. The first kappa shape index (κ1) is 19.8. The van der Waals surface area contributed by atoms with E-state index in [1.165, 1.54) is 5.00 Å². The van der Waals surface area contributed by atoms with Gasteiger partial charge in [-0.05, 0) is 55.8 Å². The predicted octanol–water partition coefficient (Wildman–Crippen LogP) is 3.47. The van der Waals surface area contributed by atoms with E-state index in [0.29, 0.717) is 19.3 Å². The molecule has 0 aromatic carbocycles. The van der Waals surface area contributed by atoms with Crippen LogP contribution in [0.15, 0.2) is 45.3 Å². The number of piperidine rings is 1. The van der Waals surface area contributed by atoms with Gasteiger partial charge in [0.05, 0.1) is 11.3 Å². The van der Waals surface area contributed by atoms with Crippen molar-refractivity contribution in [1.82, 2.24) is 10.6 Å². The second-order valence-electron chi connectivity index (χ2n) is 6.60. The van der Waals surface area contributed by atoms with Gasteiger partial charge in [-0.1, -0.05) is 0 Å². The summed E-state index contributed by atoms with van der Waals surface area (Å²) in [7, 11) is 0. The molecule has 3 heterocycles. The van der Waals surface area contributed by atoms with Gasteiger partial charge in [-0.25, -0.2) is 0 Å². The first-order chi connectivity index (χ1) is 13.3. The van der Waals surface area contributed by atoms with Crippen LogP contribution in [0, 0.1) is 0 Å². The van der Waals surface area contributed by atoms with Gasteiger partial charge in [0.15, 0.2) is 5.96 Å². The Hall–Kier alpha value is -1.99. The van der Waals surface area contributed by atoms with Gasteiger partial charge in [-0.15, -0.1) is 11.3 Å². The molecule has 0 atom stereocenters. The molecule has 2 aromatic rings. The van der Waals surface area contributed by atoms with Crippen molar-refractivity contribution in [3.8, 4) is 0 Å². The van der Waals surface area contributed by atoms with Crippen molar-refractivity contribution in [3.63, 3.8) is 0 Å². The predicted molar refractivity (Wildman–Crippen MR) is 112 cm³/mol. The minimum atomic E-state index is 0.481. The highest BCUT2D eigenvalue weighted by Gasteiger charge is 2.20. The first-order valence-electron chi connectivity index (χ1n) is 9.78. The monoisotopic (exact) mass is 390 g/mol. The molecule has 0 saturated carbocycles. The number of rotatable bonds is 9. The van der Waals surface area contributed by atoms with Crippen LogP contribution < -0.4 is 15.5 Å². The number of nitrogens with zero attached hydrogens (tertiary/aromatic N) is 2. The van der Waals surface area contributed by atoms with Crippen molar-refractivity contribution in [2.45, 2.75) is 38.8 Å². The lowest BCUT2D eigenvalue weighted by atomic mass is 10.1. The molecule has 2 N–H and O–H groups in total. The van der Waals surface area contributed by atoms with Crippen molar-refractivity contribution in [1.29, 1.82) is 0 Å². The summed E-state index contributed by atoms with van der Waals surface area (Å²) in [5, 5.41) is 10.5. The number of ether oxygens (including phenoxy) is 1. The highest BCUT2D eigenvalue weighted by molar-refractivity contribution is 7.14. The van der Waals surface area contributed by atoms with Crippen LogP contribution in [-0.4, -0.2) is 44.8 Å². The lowest BCUT2D eigenvalue weighted by Crippen LogP contribution is -2.48. The second kappa shape index (κ2) is 11.0. The van der Waals surface area contributed by atoms with Crippen molar-refractivity contribution in [3.05, 3.63) is 41.7 Å². The number of nitrogens with one attached hydrogen (secondary N) is 2. The number of aliphatic imine (C=N–C) groups is 1. The summed E-state index contributed by atoms with van der Waals surface area (Å²) in [4.78, 5) is 7.17. The molecule has 1 fully saturated rings. The van der Waals surface area contributed by atoms with Crippen molar-refractivity contribution in [2.24, 2.45) is 4.99 Å². The van der Waals surface area contributed by atoms with E-state index in [9.17, 15) is 0 Å². The second-order valence-corrected chi connectivity index (χ2v) is 7.53. The molecule has 0 amide bonds. The fourth-order valence-electron chi connectivity index (χ4n) is 3.13. The van der Waals surface area contributed by atoms with Crippen LogP contribution in [0.3, 0.4) is 0 Å². The average Bonchev–Trinajstić information content (AvgIpc) is 3.39. The van der Waals surface area contributed by atoms with Crippen LogP contribution in [0.1, 0.15) is 31.9 Å². The zero-order valence-corrected chi connectivity index (χ0v) is 16.8. The maximum Gasteiger partial charge on any atom is 0.191 e. The number of anilines is 1. The van der Waals surface area contributed by atoms with Crippen LogP contribution >= 0.6 is 11.3 Å². The standard InChI is InChI=1S/C20H30N4O2S/c1-2-21-20(22-10-5-13-25-16-18-6-3-14-26-18)23-17-8-11-24(12-9-17)19-7-4-15-27-19/h3-4,6-7,14-15,17H,2,5,8-13,16H2,1H3,(H2,21,22,23). The molecule has 0 aliphatic carbocycles. The Bertz CT molecular complexity index is 650. The Morgan fingerprint density at radius 2 is 2.22 bits per heavy atom. The number of furan rings is 1. The van der Waals surface area contributed by atoms with Gasteiger partial charge in [-0.3, -0.25) is 4.99 Å². The molecular weight excluding hydrogens is 360 g/mol. The molecular formula is C20H30N4O2S. The van der Waals surface area contributed by atoms with Gasteiger partial charge in [0.1, 0.15) is 12.4 Å². The molecule has 6 nitrogen and oxygen atoms in total. The van der Waals surface area contributed by atoms with Gasteiger partial charge in [0.2, 0.25) is 0 Å². The quantitative estimate of drug-likeness (QED) is 0.390. The third kappa shape index (κ3) is 6.59. The van der Waals surface area contributed by atoms with Crippen LogP contribution in [-0.2, 0) is 11.3 Å². The average molecular weight is 391 g/mol. The van der Waals surface area contributed by atoms with Gasteiger partial charge in [0.25, 0.3) is 0 Å². The zero-order chi connectivity index (χ0) is 18.7. The lowest BCUT2D eigenvalue weighted by molar-refractivity contribution is 0.105. The Kier molecular flexibility index (Phi) is 8.04. The van der Waals surface area contributed by atoms with Gasteiger partial charge in [0, 0.05) is 38.8 Å². The summed E-state index contributed by atoms with van der Waals surface area (Å²) in [5.41, 5.74) is 0. The van der Waals surface area contributed by atoms with E-state index in [0.717, 1.165) is 57.2 Å². The van der Waals surface area contributed by atoms with E-state index in [-0.39, 0.29) is 0 Å². The molecule has 148 valence electrons. The molecule has 1 aliphatic rings. The van der Waals surface area contributed by atoms with Crippen LogP contribution in [0.5, 0.6) is 0 Å². The van der Waals surface area contributed by atoms with Crippen LogP contribution in [0.25, 0.3) is 0 Å². The van der Waals surface area contributed by atoms with E-state index in [1.807, 2.05) is 23.5 Å². The summed E-state index contributed by atoms with van der Waals surface area (Å²) in [5.74, 6) is 1.78. The topological polar surface area (TPSA) is 62.0 Å². The van der Waals surface area contributed by atoms with E-state index < -0.39 is 0 Å². The van der Waals surface area contributed by atoms with Gasteiger partial charge in [-0.2, -0.15) is 0 Å². The lowest BCUT2D eigenvalue weighted by Gasteiger charge is -2.33. The number of hydrogen-bond donors (Lipinski definition) is 2. The third-order valence-electron chi connectivity index (χ3n) is 4.54. The molecule has 3 rings (SSSR count). The number of thiophene rings is 1. The minimum absolute atomic E-state index is 0.481. The smallest absolute Gasteiger partial charge is 0.191 e. The van der Waals surface area contributed by atoms with E-state index in [4.69, 9.17) is 14.1 Å². The minimum Gasteiger partial charge on any atom is -0.467 e.